The van der Waals surface area contributed by atoms with E-state index in [9.17, 15) is 4.79 Å². The third kappa shape index (κ3) is 3.84. The number of amides is 1. The quantitative estimate of drug-likeness (QED) is 0.426. The van der Waals surface area contributed by atoms with Gasteiger partial charge in [0.15, 0.2) is 0 Å². The fourth-order valence-electron chi connectivity index (χ4n) is 2.76. The van der Waals surface area contributed by atoms with Gasteiger partial charge in [0.05, 0.1) is 17.6 Å². The highest BCUT2D eigenvalue weighted by Gasteiger charge is 2.20. The standard InChI is InChI=1S/C21H17N3O3S/c1-15-18(12-13-26-15)20-22-23-21(27-20)28-14-19(25)24(16-8-4-2-5-9-16)17-10-6-3-7-11-17/h2-13H,14H2,1H3. The number of benzene rings is 2. The van der Waals surface area contributed by atoms with Gasteiger partial charge in [-0.2, -0.15) is 0 Å². The summed E-state index contributed by atoms with van der Waals surface area (Å²) in [7, 11) is 0. The van der Waals surface area contributed by atoms with Crippen LogP contribution >= 0.6 is 11.8 Å². The fourth-order valence-corrected chi connectivity index (χ4v) is 3.38. The Morgan fingerprint density at radius 1 is 0.964 bits per heavy atom. The first-order valence-corrected chi connectivity index (χ1v) is 9.65. The van der Waals surface area contributed by atoms with E-state index in [-0.39, 0.29) is 11.7 Å². The number of rotatable bonds is 6. The van der Waals surface area contributed by atoms with Gasteiger partial charge in [-0.15, -0.1) is 10.2 Å². The van der Waals surface area contributed by atoms with E-state index >= 15 is 0 Å². The number of hydrogen-bond acceptors (Lipinski definition) is 6. The molecule has 2 aromatic heterocycles. The van der Waals surface area contributed by atoms with Gasteiger partial charge >= 0.3 is 0 Å². The van der Waals surface area contributed by atoms with Crippen molar-refractivity contribution in [3.8, 4) is 11.5 Å². The van der Waals surface area contributed by atoms with Crippen LogP contribution in [0, 0.1) is 6.92 Å². The molecule has 0 aliphatic heterocycles. The van der Waals surface area contributed by atoms with Gasteiger partial charge in [0, 0.05) is 11.4 Å². The van der Waals surface area contributed by atoms with Crippen LogP contribution in [0.3, 0.4) is 0 Å². The first kappa shape index (κ1) is 18.1. The van der Waals surface area contributed by atoms with E-state index in [1.165, 1.54) is 11.8 Å². The SMILES string of the molecule is Cc1occc1-c1nnc(SCC(=O)N(c2ccccc2)c2ccccc2)o1. The van der Waals surface area contributed by atoms with E-state index in [1.807, 2.05) is 67.6 Å². The Morgan fingerprint density at radius 3 is 2.18 bits per heavy atom. The van der Waals surface area contributed by atoms with Crippen molar-refractivity contribution >= 4 is 29.0 Å². The number of thioether (sulfide) groups is 1. The summed E-state index contributed by atoms with van der Waals surface area (Å²) in [4.78, 5) is 14.7. The molecule has 0 atom stereocenters. The van der Waals surface area contributed by atoms with E-state index in [0.29, 0.717) is 16.9 Å². The molecule has 7 heteroatoms. The number of hydrogen-bond donors (Lipinski definition) is 0. The van der Waals surface area contributed by atoms with Crippen LogP contribution in [-0.2, 0) is 4.79 Å². The maximum atomic E-state index is 13.0. The molecule has 0 N–H and O–H groups in total. The van der Waals surface area contributed by atoms with Gasteiger partial charge in [-0.05, 0) is 37.3 Å². The highest BCUT2D eigenvalue weighted by atomic mass is 32.2. The summed E-state index contributed by atoms with van der Waals surface area (Å²) < 4.78 is 10.9. The molecule has 2 aromatic carbocycles. The van der Waals surface area contributed by atoms with Gasteiger partial charge in [-0.1, -0.05) is 48.2 Å². The third-order valence-corrected chi connectivity index (χ3v) is 4.90. The molecule has 0 unspecified atom stereocenters. The highest BCUT2D eigenvalue weighted by Crippen LogP contribution is 2.29. The molecule has 0 bridgehead atoms. The zero-order chi connectivity index (χ0) is 19.3. The van der Waals surface area contributed by atoms with Crippen molar-refractivity contribution in [1.82, 2.24) is 10.2 Å². The summed E-state index contributed by atoms with van der Waals surface area (Å²) in [6.07, 6.45) is 1.57. The molecular weight excluding hydrogens is 374 g/mol. The number of aryl methyl sites for hydroxylation is 1. The zero-order valence-electron chi connectivity index (χ0n) is 15.1. The summed E-state index contributed by atoms with van der Waals surface area (Å²) in [5.41, 5.74) is 2.36. The Kier molecular flexibility index (Phi) is 5.25. The highest BCUT2D eigenvalue weighted by molar-refractivity contribution is 7.99. The van der Waals surface area contributed by atoms with Crippen LogP contribution in [0.4, 0.5) is 11.4 Å². The molecule has 28 heavy (non-hydrogen) atoms. The van der Waals surface area contributed by atoms with Crippen molar-refractivity contribution in [1.29, 1.82) is 0 Å². The van der Waals surface area contributed by atoms with Gasteiger partial charge in [-0.3, -0.25) is 9.69 Å². The van der Waals surface area contributed by atoms with Crippen molar-refractivity contribution in [2.75, 3.05) is 10.7 Å². The summed E-state index contributed by atoms with van der Waals surface area (Å²) in [6.45, 7) is 1.83. The predicted molar refractivity (Wildman–Crippen MR) is 107 cm³/mol. The number of furan rings is 1. The van der Waals surface area contributed by atoms with Gasteiger partial charge in [0.25, 0.3) is 11.1 Å². The molecule has 140 valence electrons. The average Bonchev–Trinajstić information content (AvgIpc) is 3.37. The number of carbonyl (C=O) groups excluding carboxylic acids is 1. The maximum absolute atomic E-state index is 13.0. The first-order chi connectivity index (χ1) is 13.7. The van der Waals surface area contributed by atoms with Crippen LogP contribution in [0.5, 0.6) is 0 Å². The van der Waals surface area contributed by atoms with Gasteiger partial charge in [0.2, 0.25) is 5.91 Å². The van der Waals surface area contributed by atoms with Crippen LogP contribution in [0.25, 0.3) is 11.5 Å². The lowest BCUT2D eigenvalue weighted by atomic mass is 10.2. The van der Waals surface area contributed by atoms with Crippen molar-refractivity contribution in [2.24, 2.45) is 0 Å². The molecule has 6 nitrogen and oxygen atoms in total. The Bertz CT molecular complexity index is 1020. The lowest BCUT2D eigenvalue weighted by molar-refractivity contribution is -0.115. The molecule has 0 aliphatic carbocycles. The van der Waals surface area contributed by atoms with Crippen LogP contribution in [0.2, 0.25) is 0 Å². The van der Waals surface area contributed by atoms with E-state index < -0.39 is 0 Å². The fraction of sp³-hybridized carbons (Fsp3) is 0.0952. The van der Waals surface area contributed by atoms with Crippen molar-refractivity contribution in [3.63, 3.8) is 0 Å². The second-order valence-corrected chi connectivity index (χ2v) is 6.88. The molecule has 0 radical (unpaired) electrons. The normalized spacial score (nSPS) is 10.8. The van der Waals surface area contributed by atoms with E-state index in [0.717, 1.165) is 16.9 Å². The molecule has 0 fully saturated rings. The number of para-hydroxylation sites is 2. The molecule has 0 aliphatic rings. The van der Waals surface area contributed by atoms with Crippen molar-refractivity contribution < 1.29 is 13.6 Å². The van der Waals surface area contributed by atoms with Crippen LogP contribution in [-0.4, -0.2) is 21.9 Å². The summed E-state index contributed by atoms with van der Waals surface area (Å²) in [5.74, 6) is 1.16. The minimum Gasteiger partial charge on any atom is -0.469 e. The van der Waals surface area contributed by atoms with Crippen LogP contribution in [0.1, 0.15) is 5.76 Å². The smallest absolute Gasteiger partial charge is 0.277 e. The Balaban J connectivity index is 1.51. The van der Waals surface area contributed by atoms with Gasteiger partial charge < -0.3 is 8.83 Å². The number of aromatic nitrogens is 2. The zero-order valence-corrected chi connectivity index (χ0v) is 15.9. The van der Waals surface area contributed by atoms with Crippen molar-refractivity contribution in [2.45, 2.75) is 12.1 Å². The monoisotopic (exact) mass is 391 g/mol. The van der Waals surface area contributed by atoms with Crippen molar-refractivity contribution in [3.05, 3.63) is 78.8 Å². The Morgan fingerprint density at radius 2 is 1.61 bits per heavy atom. The van der Waals surface area contributed by atoms with Gasteiger partial charge in [-0.25, -0.2) is 0 Å². The van der Waals surface area contributed by atoms with Crippen LogP contribution in [0.15, 0.2) is 87.1 Å². The number of nitrogens with zero attached hydrogens (tertiary/aromatic N) is 3. The second kappa shape index (κ2) is 8.14. The largest absolute Gasteiger partial charge is 0.469 e. The lowest BCUT2D eigenvalue weighted by Gasteiger charge is -2.22. The summed E-state index contributed by atoms with van der Waals surface area (Å²) in [6, 6.07) is 20.9. The minimum absolute atomic E-state index is 0.0818. The Labute approximate surface area is 166 Å². The molecule has 0 saturated heterocycles. The topological polar surface area (TPSA) is 72.4 Å². The molecule has 0 saturated carbocycles. The molecule has 4 rings (SSSR count). The molecule has 0 spiro atoms. The molecule has 1 amide bonds. The molecular formula is C21H17N3O3S. The lowest BCUT2D eigenvalue weighted by Crippen LogP contribution is -2.27. The van der Waals surface area contributed by atoms with E-state index in [2.05, 4.69) is 10.2 Å². The second-order valence-electron chi connectivity index (χ2n) is 5.95. The van der Waals surface area contributed by atoms with Gasteiger partial charge in [0.1, 0.15) is 5.76 Å². The minimum atomic E-state index is -0.0818. The summed E-state index contributed by atoms with van der Waals surface area (Å²) >= 11 is 1.21. The maximum Gasteiger partial charge on any atom is 0.277 e. The average molecular weight is 391 g/mol. The predicted octanol–water partition coefficient (Wildman–Crippen LogP) is 5.10. The van der Waals surface area contributed by atoms with E-state index in [1.54, 1.807) is 17.2 Å². The molecule has 4 aromatic rings. The van der Waals surface area contributed by atoms with E-state index in [4.69, 9.17) is 8.83 Å². The number of anilines is 2. The number of carbonyl (C=O) groups is 1. The third-order valence-electron chi connectivity index (χ3n) is 4.09. The first-order valence-electron chi connectivity index (χ1n) is 8.66. The van der Waals surface area contributed by atoms with Crippen LogP contribution < -0.4 is 4.90 Å². The Hall–Kier alpha value is -3.32. The summed E-state index contributed by atoms with van der Waals surface area (Å²) in [5, 5.41) is 8.40. The molecule has 2 heterocycles.